The molecule has 0 radical (unpaired) electrons. The molecule has 0 aliphatic carbocycles. The number of benzene rings is 2. The molecule has 0 unspecified atom stereocenters. The number of ether oxygens (including phenoxy) is 1. The van der Waals surface area contributed by atoms with E-state index in [1.807, 2.05) is 24.3 Å². The van der Waals surface area contributed by atoms with E-state index < -0.39 is 0 Å². The average Bonchev–Trinajstić information content (AvgIpc) is 2.89. The Kier molecular flexibility index (Phi) is 4.71. The van der Waals surface area contributed by atoms with Crippen molar-refractivity contribution in [2.24, 2.45) is 0 Å². The normalized spacial score (nSPS) is 16.1. The highest BCUT2D eigenvalue weighted by Gasteiger charge is 2.36. The Morgan fingerprint density at radius 3 is 2.54 bits per heavy atom. The van der Waals surface area contributed by atoms with Crippen molar-refractivity contribution in [3.63, 3.8) is 0 Å². The monoisotopic (exact) mass is 339 g/mol. The molecule has 2 amide bonds. The molecular formula is C19H17NO3S. The minimum Gasteiger partial charge on any atom is -0.497 e. The Bertz CT molecular complexity index is 812. The van der Waals surface area contributed by atoms with Gasteiger partial charge in [-0.2, -0.15) is 0 Å². The Morgan fingerprint density at radius 1 is 1.12 bits per heavy atom. The highest BCUT2D eigenvalue weighted by molar-refractivity contribution is 8.19. The van der Waals surface area contributed by atoms with Crippen LogP contribution in [0.3, 0.4) is 0 Å². The predicted octanol–water partition coefficient (Wildman–Crippen LogP) is 4.50. The van der Waals surface area contributed by atoms with Crippen molar-refractivity contribution in [1.29, 1.82) is 0 Å². The molecule has 5 heteroatoms. The second-order valence-corrected chi connectivity index (χ2v) is 6.31. The molecule has 3 rings (SSSR count). The molecule has 122 valence electrons. The molecule has 0 N–H and O–H groups in total. The van der Waals surface area contributed by atoms with Crippen LogP contribution >= 0.6 is 11.8 Å². The predicted molar refractivity (Wildman–Crippen MR) is 97.3 cm³/mol. The number of nitrogens with zero attached hydrogens (tertiary/aromatic N) is 1. The fraction of sp³-hybridized carbons (Fsp3) is 0.158. The van der Waals surface area contributed by atoms with Crippen LogP contribution in [0.25, 0.3) is 6.08 Å². The molecule has 0 saturated carbocycles. The van der Waals surface area contributed by atoms with Crippen molar-refractivity contribution in [3.05, 3.63) is 64.6 Å². The number of hydrogen-bond acceptors (Lipinski definition) is 4. The van der Waals surface area contributed by atoms with Crippen molar-refractivity contribution in [2.45, 2.75) is 13.3 Å². The second kappa shape index (κ2) is 6.93. The van der Waals surface area contributed by atoms with Crippen molar-refractivity contribution in [1.82, 2.24) is 0 Å². The van der Waals surface area contributed by atoms with Crippen LogP contribution in [-0.4, -0.2) is 18.3 Å². The van der Waals surface area contributed by atoms with Gasteiger partial charge in [0.2, 0.25) is 0 Å². The first-order valence-corrected chi connectivity index (χ1v) is 8.45. The quantitative estimate of drug-likeness (QED) is 0.770. The molecule has 1 fully saturated rings. The molecule has 2 aromatic rings. The Hall–Kier alpha value is -2.53. The molecule has 4 nitrogen and oxygen atoms in total. The number of imide groups is 1. The highest BCUT2D eigenvalue weighted by atomic mass is 32.2. The molecule has 0 spiro atoms. The van der Waals surface area contributed by atoms with Gasteiger partial charge in [0, 0.05) is 6.07 Å². The van der Waals surface area contributed by atoms with Gasteiger partial charge >= 0.3 is 0 Å². The lowest BCUT2D eigenvalue weighted by atomic mass is 10.1. The SMILES string of the molecule is CCc1ccc(/C=C2\SC(=O)N(c3cccc(OC)c3)C2=O)cc1. The van der Waals surface area contributed by atoms with Gasteiger partial charge in [-0.25, -0.2) is 4.90 Å². The third kappa shape index (κ3) is 3.21. The zero-order valence-corrected chi connectivity index (χ0v) is 14.3. The van der Waals surface area contributed by atoms with Crippen LogP contribution in [0.5, 0.6) is 5.75 Å². The van der Waals surface area contributed by atoms with Crippen molar-refractivity contribution in [3.8, 4) is 5.75 Å². The number of thioether (sulfide) groups is 1. The highest BCUT2D eigenvalue weighted by Crippen LogP contribution is 2.36. The number of amides is 2. The summed E-state index contributed by atoms with van der Waals surface area (Å²) in [6.45, 7) is 2.09. The summed E-state index contributed by atoms with van der Waals surface area (Å²) in [5, 5.41) is -0.301. The summed E-state index contributed by atoms with van der Waals surface area (Å²) in [6.07, 6.45) is 2.72. The van der Waals surface area contributed by atoms with E-state index in [2.05, 4.69) is 6.92 Å². The van der Waals surface area contributed by atoms with E-state index in [1.165, 1.54) is 10.5 Å². The van der Waals surface area contributed by atoms with Crippen LogP contribution < -0.4 is 9.64 Å². The van der Waals surface area contributed by atoms with Crippen LogP contribution in [0.1, 0.15) is 18.1 Å². The van der Waals surface area contributed by atoms with E-state index in [4.69, 9.17) is 4.74 Å². The van der Waals surface area contributed by atoms with E-state index in [-0.39, 0.29) is 11.1 Å². The van der Waals surface area contributed by atoms with E-state index in [0.29, 0.717) is 16.3 Å². The smallest absolute Gasteiger partial charge is 0.298 e. The van der Waals surface area contributed by atoms with Crippen molar-refractivity contribution in [2.75, 3.05) is 12.0 Å². The largest absolute Gasteiger partial charge is 0.497 e. The van der Waals surface area contributed by atoms with Gasteiger partial charge in [0.15, 0.2) is 0 Å². The molecule has 24 heavy (non-hydrogen) atoms. The van der Waals surface area contributed by atoms with Crippen molar-refractivity contribution < 1.29 is 14.3 Å². The Balaban J connectivity index is 1.89. The summed E-state index contributed by atoms with van der Waals surface area (Å²) in [4.78, 5) is 26.5. The Labute approximate surface area is 145 Å². The maximum absolute atomic E-state index is 12.6. The number of aryl methyl sites for hydroxylation is 1. The summed E-state index contributed by atoms with van der Waals surface area (Å²) < 4.78 is 5.16. The molecule has 1 aliphatic heterocycles. The topological polar surface area (TPSA) is 46.6 Å². The first-order valence-electron chi connectivity index (χ1n) is 7.63. The van der Waals surface area contributed by atoms with Gasteiger partial charge in [-0.15, -0.1) is 0 Å². The number of rotatable bonds is 4. The molecule has 1 aliphatic rings. The molecule has 0 aromatic heterocycles. The lowest BCUT2D eigenvalue weighted by Gasteiger charge is -2.13. The summed E-state index contributed by atoms with van der Waals surface area (Å²) in [5.74, 6) is 0.295. The molecule has 1 saturated heterocycles. The minimum atomic E-state index is -0.308. The molecule has 0 bridgehead atoms. The zero-order chi connectivity index (χ0) is 17.1. The molecule has 1 heterocycles. The lowest BCUT2D eigenvalue weighted by Crippen LogP contribution is -2.27. The number of methoxy groups -OCH3 is 1. The fourth-order valence-electron chi connectivity index (χ4n) is 2.44. The van der Waals surface area contributed by atoms with Crippen LogP contribution in [0.15, 0.2) is 53.4 Å². The summed E-state index contributed by atoms with van der Waals surface area (Å²) in [5.41, 5.74) is 2.65. The standard InChI is InChI=1S/C19H17NO3S/c1-3-13-7-9-14(10-8-13)11-17-18(21)20(19(22)24-17)15-5-4-6-16(12-15)23-2/h4-12H,3H2,1-2H3/b17-11-. The van der Waals surface area contributed by atoms with Gasteiger partial charge in [-0.05, 0) is 47.5 Å². The lowest BCUT2D eigenvalue weighted by molar-refractivity contribution is -0.113. The van der Waals surface area contributed by atoms with Crippen LogP contribution in [-0.2, 0) is 11.2 Å². The van der Waals surface area contributed by atoms with Gasteiger partial charge in [-0.1, -0.05) is 37.3 Å². The number of anilines is 1. The third-order valence-electron chi connectivity index (χ3n) is 3.79. The second-order valence-electron chi connectivity index (χ2n) is 5.31. The third-order valence-corrected chi connectivity index (χ3v) is 4.66. The van der Waals surface area contributed by atoms with Crippen LogP contribution in [0.4, 0.5) is 10.5 Å². The van der Waals surface area contributed by atoms with E-state index in [1.54, 1.807) is 37.5 Å². The van der Waals surface area contributed by atoms with E-state index >= 15 is 0 Å². The van der Waals surface area contributed by atoms with Gasteiger partial charge in [0.05, 0.1) is 17.7 Å². The van der Waals surface area contributed by atoms with Gasteiger partial charge in [0.1, 0.15) is 5.75 Å². The minimum absolute atomic E-state index is 0.301. The zero-order valence-electron chi connectivity index (χ0n) is 13.5. The summed E-state index contributed by atoms with van der Waals surface area (Å²) >= 11 is 0.953. The fourth-order valence-corrected chi connectivity index (χ4v) is 3.28. The number of carbonyl (C=O) groups excluding carboxylic acids is 2. The molecule has 0 atom stereocenters. The molecule has 2 aromatic carbocycles. The summed E-state index contributed by atoms with van der Waals surface area (Å²) in [7, 11) is 1.55. The van der Waals surface area contributed by atoms with E-state index in [9.17, 15) is 9.59 Å². The average molecular weight is 339 g/mol. The maximum Gasteiger partial charge on any atom is 0.298 e. The van der Waals surface area contributed by atoms with E-state index in [0.717, 1.165) is 23.7 Å². The first kappa shape index (κ1) is 16.3. The van der Waals surface area contributed by atoms with Crippen LogP contribution in [0, 0.1) is 0 Å². The Morgan fingerprint density at radius 2 is 1.88 bits per heavy atom. The maximum atomic E-state index is 12.6. The van der Waals surface area contributed by atoms with Gasteiger partial charge in [-0.3, -0.25) is 9.59 Å². The van der Waals surface area contributed by atoms with Gasteiger partial charge in [0.25, 0.3) is 11.1 Å². The number of carbonyl (C=O) groups is 2. The number of hydrogen-bond donors (Lipinski definition) is 0. The molecular weight excluding hydrogens is 322 g/mol. The van der Waals surface area contributed by atoms with Crippen LogP contribution in [0.2, 0.25) is 0 Å². The van der Waals surface area contributed by atoms with Gasteiger partial charge < -0.3 is 4.74 Å². The summed E-state index contributed by atoms with van der Waals surface area (Å²) in [6, 6.07) is 14.9. The first-order chi connectivity index (χ1) is 11.6. The van der Waals surface area contributed by atoms with Crippen molar-refractivity contribution >= 4 is 34.7 Å².